The molecule has 0 aliphatic heterocycles. The van der Waals surface area contributed by atoms with Crippen molar-refractivity contribution in [2.24, 2.45) is 0 Å². The van der Waals surface area contributed by atoms with Crippen LogP contribution in [0.1, 0.15) is 28.4 Å². The standard InChI is InChI=1S/C16H15NO2/c1-3-19-16(18)14-8-6-13(7-9-14)12(2)15-5-4-10-17-11-15/h4-11H,2-3H2,1H3. The zero-order valence-electron chi connectivity index (χ0n) is 10.8. The third-order valence-corrected chi connectivity index (χ3v) is 2.75. The van der Waals surface area contributed by atoms with Crippen molar-refractivity contribution in [3.63, 3.8) is 0 Å². The van der Waals surface area contributed by atoms with Crippen LogP contribution < -0.4 is 0 Å². The van der Waals surface area contributed by atoms with Gasteiger partial charge in [0.15, 0.2) is 0 Å². The summed E-state index contributed by atoms with van der Waals surface area (Å²) in [5.41, 5.74) is 3.35. The minimum Gasteiger partial charge on any atom is -0.462 e. The zero-order valence-corrected chi connectivity index (χ0v) is 10.8. The topological polar surface area (TPSA) is 39.2 Å². The smallest absolute Gasteiger partial charge is 0.338 e. The van der Waals surface area contributed by atoms with Crippen molar-refractivity contribution in [1.29, 1.82) is 0 Å². The first-order chi connectivity index (χ1) is 9.22. The third kappa shape index (κ3) is 3.07. The van der Waals surface area contributed by atoms with Crippen molar-refractivity contribution in [3.8, 4) is 0 Å². The SMILES string of the molecule is C=C(c1ccc(C(=O)OCC)cc1)c1cccnc1. The van der Waals surface area contributed by atoms with E-state index in [-0.39, 0.29) is 5.97 Å². The van der Waals surface area contributed by atoms with E-state index in [4.69, 9.17) is 4.74 Å². The molecule has 3 heteroatoms. The lowest BCUT2D eigenvalue weighted by Gasteiger charge is -2.07. The summed E-state index contributed by atoms with van der Waals surface area (Å²) in [6.45, 7) is 6.22. The maximum absolute atomic E-state index is 11.5. The number of carbonyl (C=O) groups excluding carboxylic acids is 1. The summed E-state index contributed by atoms with van der Waals surface area (Å²) in [6.07, 6.45) is 3.49. The number of hydrogen-bond acceptors (Lipinski definition) is 3. The molecule has 96 valence electrons. The van der Waals surface area contributed by atoms with Gasteiger partial charge in [-0.2, -0.15) is 0 Å². The van der Waals surface area contributed by atoms with E-state index >= 15 is 0 Å². The molecule has 1 aromatic heterocycles. The predicted octanol–water partition coefficient (Wildman–Crippen LogP) is 3.32. The Balaban J connectivity index is 2.19. The number of pyridine rings is 1. The number of esters is 1. The third-order valence-electron chi connectivity index (χ3n) is 2.75. The highest BCUT2D eigenvalue weighted by molar-refractivity contribution is 5.90. The van der Waals surface area contributed by atoms with Gasteiger partial charge in [0.1, 0.15) is 0 Å². The lowest BCUT2D eigenvalue weighted by atomic mass is 10.00. The average Bonchev–Trinajstić information content (AvgIpc) is 2.48. The maximum Gasteiger partial charge on any atom is 0.338 e. The van der Waals surface area contributed by atoms with Gasteiger partial charge in [-0.25, -0.2) is 4.79 Å². The Labute approximate surface area is 112 Å². The van der Waals surface area contributed by atoms with Crippen molar-refractivity contribution >= 4 is 11.5 Å². The van der Waals surface area contributed by atoms with E-state index in [9.17, 15) is 4.79 Å². The van der Waals surface area contributed by atoms with Crippen LogP contribution in [0.2, 0.25) is 0 Å². The molecular formula is C16H15NO2. The first kappa shape index (κ1) is 13.0. The van der Waals surface area contributed by atoms with Crippen molar-refractivity contribution in [1.82, 2.24) is 4.98 Å². The summed E-state index contributed by atoms with van der Waals surface area (Å²) in [7, 11) is 0. The Kier molecular flexibility index (Phi) is 4.08. The van der Waals surface area contributed by atoms with E-state index in [1.807, 2.05) is 24.3 Å². The molecule has 19 heavy (non-hydrogen) atoms. The van der Waals surface area contributed by atoms with Gasteiger partial charge >= 0.3 is 5.97 Å². The zero-order chi connectivity index (χ0) is 13.7. The highest BCUT2D eigenvalue weighted by atomic mass is 16.5. The summed E-state index contributed by atoms with van der Waals surface area (Å²) in [5, 5.41) is 0. The predicted molar refractivity (Wildman–Crippen MR) is 74.8 cm³/mol. The Morgan fingerprint density at radius 3 is 2.42 bits per heavy atom. The van der Waals surface area contributed by atoms with Crippen LogP contribution in [0.25, 0.3) is 5.57 Å². The molecule has 0 aliphatic carbocycles. The normalized spacial score (nSPS) is 9.95. The van der Waals surface area contributed by atoms with E-state index < -0.39 is 0 Å². The van der Waals surface area contributed by atoms with E-state index in [2.05, 4.69) is 11.6 Å². The number of aromatic nitrogens is 1. The minimum absolute atomic E-state index is 0.305. The average molecular weight is 253 g/mol. The summed E-state index contributed by atoms with van der Waals surface area (Å²) < 4.78 is 4.94. The summed E-state index contributed by atoms with van der Waals surface area (Å²) in [5.74, 6) is -0.305. The van der Waals surface area contributed by atoms with Gasteiger partial charge in [0.25, 0.3) is 0 Å². The highest BCUT2D eigenvalue weighted by Gasteiger charge is 2.07. The monoisotopic (exact) mass is 253 g/mol. The molecule has 1 heterocycles. The van der Waals surface area contributed by atoms with Gasteiger partial charge in [-0.3, -0.25) is 4.98 Å². The van der Waals surface area contributed by atoms with Gasteiger partial charge in [0, 0.05) is 12.4 Å². The van der Waals surface area contributed by atoms with Crippen molar-refractivity contribution < 1.29 is 9.53 Å². The fraction of sp³-hybridized carbons (Fsp3) is 0.125. The molecule has 0 spiro atoms. The van der Waals surface area contributed by atoms with Crippen LogP contribution in [0.5, 0.6) is 0 Å². The van der Waals surface area contributed by atoms with Gasteiger partial charge in [-0.1, -0.05) is 24.8 Å². The van der Waals surface area contributed by atoms with Crippen LogP contribution in [0, 0.1) is 0 Å². The second-order valence-electron chi connectivity index (χ2n) is 4.02. The fourth-order valence-electron chi connectivity index (χ4n) is 1.73. The Bertz CT molecular complexity index is 573. The Hall–Kier alpha value is -2.42. The van der Waals surface area contributed by atoms with Gasteiger partial charge in [0.2, 0.25) is 0 Å². The second kappa shape index (κ2) is 5.96. The number of ether oxygens (including phenoxy) is 1. The van der Waals surface area contributed by atoms with Crippen LogP contribution in [0.4, 0.5) is 0 Å². The molecule has 0 bridgehead atoms. The van der Waals surface area contributed by atoms with E-state index in [0.29, 0.717) is 12.2 Å². The quantitative estimate of drug-likeness (QED) is 0.785. The minimum atomic E-state index is -0.305. The second-order valence-corrected chi connectivity index (χ2v) is 4.02. The number of hydrogen-bond donors (Lipinski definition) is 0. The highest BCUT2D eigenvalue weighted by Crippen LogP contribution is 2.21. The Morgan fingerprint density at radius 2 is 1.84 bits per heavy atom. The van der Waals surface area contributed by atoms with Crippen LogP contribution in [-0.2, 0) is 4.74 Å². The Morgan fingerprint density at radius 1 is 1.16 bits per heavy atom. The molecule has 0 N–H and O–H groups in total. The molecule has 0 radical (unpaired) electrons. The number of carbonyl (C=O) groups is 1. The first-order valence-corrected chi connectivity index (χ1v) is 6.09. The van der Waals surface area contributed by atoms with E-state index in [0.717, 1.165) is 16.7 Å². The summed E-state index contributed by atoms with van der Waals surface area (Å²) in [4.78, 5) is 15.6. The van der Waals surface area contributed by atoms with Crippen LogP contribution in [-0.4, -0.2) is 17.6 Å². The van der Waals surface area contributed by atoms with Crippen LogP contribution >= 0.6 is 0 Å². The molecule has 0 saturated carbocycles. The summed E-state index contributed by atoms with van der Waals surface area (Å²) >= 11 is 0. The first-order valence-electron chi connectivity index (χ1n) is 6.09. The molecule has 0 unspecified atom stereocenters. The van der Waals surface area contributed by atoms with Crippen molar-refractivity contribution in [2.75, 3.05) is 6.61 Å². The molecule has 0 amide bonds. The lowest BCUT2D eigenvalue weighted by Crippen LogP contribution is -2.04. The molecule has 2 rings (SSSR count). The van der Waals surface area contributed by atoms with Gasteiger partial charge < -0.3 is 4.74 Å². The summed E-state index contributed by atoms with van der Waals surface area (Å²) in [6, 6.07) is 11.0. The molecule has 0 atom stereocenters. The molecule has 1 aromatic carbocycles. The maximum atomic E-state index is 11.5. The largest absolute Gasteiger partial charge is 0.462 e. The number of rotatable bonds is 4. The fourth-order valence-corrected chi connectivity index (χ4v) is 1.73. The van der Waals surface area contributed by atoms with E-state index in [1.165, 1.54) is 0 Å². The molecular weight excluding hydrogens is 238 g/mol. The lowest BCUT2D eigenvalue weighted by molar-refractivity contribution is 0.0526. The molecule has 3 nitrogen and oxygen atoms in total. The van der Waals surface area contributed by atoms with Crippen LogP contribution in [0.3, 0.4) is 0 Å². The van der Waals surface area contributed by atoms with Gasteiger partial charge in [-0.05, 0) is 41.8 Å². The number of nitrogens with zero attached hydrogens (tertiary/aromatic N) is 1. The van der Waals surface area contributed by atoms with Crippen LogP contribution in [0.15, 0.2) is 55.4 Å². The van der Waals surface area contributed by atoms with Gasteiger partial charge in [0.05, 0.1) is 12.2 Å². The molecule has 0 saturated heterocycles. The molecule has 0 fully saturated rings. The van der Waals surface area contributed by atoms with Crippen molar-refractivity contribution in [2.45, 2.75) is 6.92 Å². The van der Waals surface area contributed by atoms with E-state index in [1.54, 1.807) is 31.5 Å². The molecule has 0 aliphatic rings. The molecule has 2 aromatic rings. The van der Waals surface area contributed by atoms with Gasteiger partial charge in [-0.15, -0.1) is 0 Å². The number of benzene rings is 1. The van der Waals surface area contributed by atoms with Crippen molar-refractivity contribution in [3.05, 3.63) is 72.1 Å².